The number of carbonyl (C=O) groups excluding carboxylic acids is 2. The molecule has 4 rings (SSSR count). The summed E-state index contributed by atoms with van der Waals surface area (Å²) in [6.07, 6.45) is 0. The van der Waals surface area contributed by atoms with Crippen molar-refractivity contribution in [3.05, 3.63) is 81.4 Å². The van der Waals surface area contributed by atoms with Crippen molar-refractivity contribution in [1.29, 1.82) is 0 Å². The maximum atomic E-state index is 13.2. The molecule has 1 amide bonds. The Hall–Kier alpha value is -3.45. The minimum Gasteiger partial charge on any atom is -0.507 e. The molecule has 1 aliphatic rings. The highest BCUT2D eigenvalue weighted by Gasteiger charge is 2.48. The number of nitrogens with zero attached hydrogens (tertiary/aromatic N) is 2. The second-order valence-corrected chi connectivity index (χ2v) is 8.86. The van der Waals surface area contributed by atoms with Crippen LogP contribution >= 0.6 is 11.3 Å². The summed E-state index contributed by atoms with van der Waals surface area (Å²) in [7, 11) is 0. The SMILES string of the molecule is CCOc1ccc(/C(O)=C2\C(=O)C(=O)N(c3nc(C)c(C)s3)[C@H]2c2ccc(C)cc2)cc1. The summed E-state index contributed by atoms with van der Waals surface area (Å²) in [5, 5.41) is 11.6. The van der Waals surface area contributed by atoms with Crippen LogP contribution in [0.2, 0.25) is 0 Å². The normalized spacial score (nSPS) is 17.8. The molecule has 1 saturated heterocycles. The van der Waals surface area contributed by atoms with Gasteiger partial charge in [0.2, 0.25) is 0 Å². The number of amides is 1. The number of anilines is 1. The number of Topliss-reactive ketones (excluding diaryl/α,β-unsaturated/α-hetero) is 1. The van der Waals surface area contributed by atoms with Crippen molar-refractivity contribution in [1.82, 2.24) is 4.98 Å². The Morgan fingerprint density at radius 3 is 2.28 bits per heavy atom. The van der Waals surface area contributed by atoms with Crippen LogP contribution in [0.4, 0.5) is 5.13 Å². The molecule has 0 saturated carbocycles. The lowest BCUT2D eigenvalue weighted by Crippen LogP contribution is -2.29. The van der Waals surface area contributed by atoms with E-state index in [1.165, 1.54) is 16.2 Å². The lowest BCUT2D eigenvalue weighted by atomic mass is 9.95. The first kappa shape index (κ1) is 21.8. The molecule has 1 aromatic heterocycles. The molecule has 164 valence electrons. The molecule has 0 spiro atoms. The third kappa shape index (κ3) is 3.80. The molecule has 1 atom stereocenters. The van der Waals surface area contributed by atoms with Gasteiger partial charge >= 0.3 is 5.91 Å². The van der Waals surface area contributed by atoms with Gasteiger partial charge < -0.3 is 9.84 Å². The van der Waals surface area contributed by atoms with Crippen molar-refractivity contribution in [3.63, 3.8) is 0 Å². The predicted octanol–water partition coefficient (Wildman–Crippen LogP) is 5.09. The number of thiazole rings is 1. The van der Waals surface area contributed by atoms with E-state index < -0.39 is 17.7 Å². The van der Waals surface area contributed by atoms with Crippen LogP contribution in [0.5, 0.6) is 5.75 Å². The second-order valence-electron chi connectivity index (χ2n) is 7.68. The van der Waals surface area contributed by atoms with E-state index in [-0.39, 0.29) is 11.3 Å². The molecule has 2 heterocycles. The fraction of sp³-hybridized carbons (Fsp3) is 0.240. The summed E-state index contributed by atoms with van der Waals surface area (Å²) in [4.78, 5) is 33.2. The summed E-state index contributed by atoms with van der Waals surface area (Å²) < 4.78 is 5.46. The number of aliphatic hydroxyl groups excluding tert-OH is 1. The molecule has 2 aromatic carbocycles. The van der Waals surface area contributed by atoms with Gasteiger partial charge in [-0.25, -0.2) is 4.98 Å². The molecule has 1 N–H and O–H groups in total. The van der Waals surface area contributed by atoms with E-state index in [1.807, 2.05) is 52.0 Å². The zero-order chi connectivity index (χ0) is 23.0. The Bertz CT molecular complexity index is 1190. The first-order valence-electron chi connectivity index (χ1n) is 10.4. The lowest BCUT2D eigenvalue weighted by molar-refractivity contribution is -0.132. The number of benzene rings is 2. The Morgan fingerprint density at radius 2 is 1.72 bits per heavy atom. The molecule has 0 bridgehead atoms. The number of carbonyl (C=O) groups is 2. The number of aliphatic hydroxyl groups is 1. The highest BCUT2D eigenvalue weighted by atomic mass is 32.1. The molecule has 0 unspecified atom stereocenters. The van der Waals surface area contributed by atoms with Crippen molar-refractivity contribution in [2.45, 2.75) is 33.7 Å². The molecule has 7 heteroatoms. The number of aryl methyl sites for hydroxylation is 3. The maximum Gasteiger partial charge on any atom is 0.301 e. The predicted molar refractivity (Wildman–Crippen MR) is 125 cm³/mol. The number of ketones is 1. The average Bonchev–Trinajstić information content (AvgIpc) is 3.24. The van der Waals surface area contributed by atoms with E-state index in [2.05, 4.69) is 4.98 Å². The Labute approximate surface area is 190 Å². The standard InChI is InChI=1S/C25H24N2O4S/c1-5-31-19-12-10-18(11-13-19)22(28)20-21(17-8-6-14(2)7-9-17)27(24(30)23(20)29)25-26-15(3)16(4)32-25/h6-13,21,28H,5H2,1-4H3/b22-20+/t21-/m0/s1. The molecule has 0 radical (unpaired) electrons. The zero-order valence-electron chi connectivity index (χ0n) is 18.4. The van der Waals surface area contributed by atoms with Gasteiger partial charge in [0, 0.05) is 10.4 Å². The van der Waals surface area contributed by atoms with Crippen molar-refractivity contribution >= 4 is 33.9 Å². The van der Waals surface area contributed by atoms with Gasteiger partial charge in [-0.15, -0.1) is 11.3 Å². The first-order valence-corrected chi connectivity index (χ1v) is 11.2. The van der Waals surface area contributed by atoms with Gasteiger partial charge in [0.05, 0.1) is 23.9 Å². The molecular formula is C25H24N2O4S. The van der Waals surface area contributed by atoms with E-state index >= 15 is 0 Å². The molecular weight excluding hydrogens is 424 g/mol. The van der Waals surface area contributed by atoms with Crippen LogP contribution in [-0.4, -0.2) is 28.4 Å². The van der Waals surface area contributed by atoms with Gasteiger partial charge in [0.25, 0.3) is 5.78 Å². The molecule has 6 nitrogen and oxygen atoms in total. The number of ether oxygens (including phenoxy) is 1. The van der Waals surface area contributed by atoms with Gasteiger partial charge in [0.1, 0.15) is 11.5 Å². The van der Waals surface area contributed by atoms with Gasteiger partial charge in [-0.05, 0) is 57.5 Å². The minimum absolute atomic E-state index is 0.0496. The highest BCUT2D eigenvalue weighted by Crippen LogP contribution is 2.43. The van der Waals surface area contributed by atoms with Crippen LogP contribution in [0.3, 0.4) is 0 Å². The Balaban J connectivity index is 1.89. The van der Waals surface area contributed by atoms with Crippen LogP contribution in [0.25, 0.3) is 5.76 Å². The Morgan fingerprint density at radius 1 is 1.06 bits per heavy atom. The topological polar surface area (TPSA) is 79.7 Å². The molecule has 1 fully saturated rings. The smallest absolute Gasteiger partial charge is 0.301 e. The van der Waals surface area contributed by atoms with Gasteiger partial charge in [-0.1, -0.05) is 29.8 Å². The number of hydrogen-bond acceptors (Lipinski definition) is 6. The fourth-order valence-corrected chi connectivity index (χ4v) is 4.62. The van der Waals surface area contributed by atoms with Crippen molar-refractivity contribution in [2.24, 2.45) is 0 Å². The monoisotopic (exact) mass is 448 g/mol. The van der Waals surface area contributed by atoms with E-state index in [0.717, 1.165) is 21.7 Å². The Kier molecular flexibility index (Phi) is 5.84. The van der Waals surface area contributed by atoms with Crippen molar-refractivity contribution in [2.75, 3.05) is 11.5 Å². The van der Waals surface area contributed by atoms with E-state index in [1.54, 1.807) is 24.3 Å². The van der Waals surface area contributed by atoms with Crippen LogP contribution in [0.15, 0.2) is 54.1 Å². The molecule has 32 heavy (non-hydrogen) atoms. The second kappa shape index (κ2) is 8.59. The third-order valence-electron chi connectivity index (χ3n) is 5.50. The van der Waals surface area contributed by atoms with Crippen LogP contribution < -0.4 is 9.64 Å². The molecule has 1 aliphatic heterocycles. The quantitative estimate of drug-likeness (QED) is 0.334. The zero-order valence-corrected chi connectivity index (χ0v) is 19.2. The summed E-state index contributed by atoms with van der Waals surface area (Å²) in [6.45, 7) is 8.17. The summed E-state index contributed by atoms with van der Waals surface area (Å²) >= 11 is 1.36. The summed E-state index contributed by atoms with van der Waals surface area (Å²) in [5.41, 5.74) is 3.08. The minimum atomic E-state index is -0.771. The van der Waals surface area contributed by atoms with Crippen LogP contribution in [0.1, 0.15) is 40.2 Å². The highest BCUT2D eigenvalue weighted by molar-refractivity contribution is 7.16. The summed E-state index contributed by atoms with van der Waals surface area (Å²) in [5.74, 6) is -0.984. The van der Waals surface area contributed by atoms with E-state index in [0.29, 0.717) is 23.1 Å². The fourth-order valence-electron chi connectivity index (χ4n) is 3.68. The first-order chi connectivity index (χ1) is 15.3. The number of hydrogen-bond donors (Lipinski definition) is 1. The van der Waals surface area contributed by atoms with Gasteiger partial charge in [-0.3, -0.25) is 14.5 Å². The van der Waals surface area contributed by atoms with E-state index in [4.69, 9.17) is 4.74 Å². The average molecular weight is 449 g/mol. The van der Waals surface area contributed by atoms with Crippen molar-refractivity contribution in [3.8, 4) is 5.75 Å². The molecule has 3 aromatic rings. The summed E-state index contributed by atoms with van der Waals surface area (Å²) in [6, 6.07) is 13.6. The van der Waals surface area contributed by atoms with E-state index in [9.17, 15) is 14.7 Å². The van der Waals surface area contributed by atoms with Crippen molar-refractivity contribution < 1.29 is 19.4 Å². The third-order valence-corrected chi connectivity index (χ3v) is 6.57. The van der Waals surface area contributed by atoms with Gasteiger partial charge in [0.15, 0.2) is 5.13 Å². The van der Waals surface area contributed by atoms with Crippen LogP contribution in [-0.2, 0) is 9.59 Å². The molecule has 0 aliphatic carbocycles. The largest absolute Gasteiger partial charge is 0.507 e. The maximum absolute atomic E-state index is 13.2. The van der Waals surface area contributed by atoms with Crippen LogP contribution in [0, 0.1) is 20.8 Å². The van der Waals surface area contributed by atoms with Gasteiger partial charge in [-0.2, -0.15) is 0 Å². The number of aromatic nitrogens is 1. The number of rotatable bonds is 5. The lowest BCUT2D eigenvalue weighted by Gasteiger charge is -2.23.